The van der Waals surface area contributed by atoms with Crippen LogP contribution in [0.1, 0.15) is 33.1 Å². The zero-order valence-corrected chi connectivity index (χ0v) is 7.86. The molecule has 2 atom stereocenters. The highest BCUT2D eigenvalue weighted by Gasteiger charge is 2.08. The van der Waals surface area contributed by atoms with Crippen molar-refractivity contribution in [1.29, 1.82) is 0 Å². The number of aliphatic hydroxyl groups is 1. The van der Waals surface area contributed by atoms with E-state index >= 15 is 0 Å². The van der Waals surface area contributed by atoms with Gasteiger partial charge in [0.25, 0.3) is 0 Å². The molecule has 0 aliphatic rings. The van der Waals surface area contributed by atoms with Gasteiger partial charge in [0.05, 0.1) is 6.10 Å². The van der Waals surface area contributed by atoms with Crippen molar-refractivity contribution in [3.05, 3.63) is 12.2 Å². The first-order chi connectivity index (χ1) is 5.72. The van der Waals surface area contributed by atoms with E-state index in [1.54, 1.807) is 12.2 Å². The summed E-state index contributed by atoms with van der Waals surface area (Å²) in [6.07, 6.45) is 6.35. The largest absolute Gasteiger partial charge is 0.389 e. The second kappa shape index (κ2) is 7.04. The summed E-state index contributed by atoms with van der Waals surface area (Å²) in [6, 6.07) is 0. The summed E-state index contributed by atoms with van der Waals surface area (Å²) in [6.45, 7) is 4.11. The van der Waals surface area contributed by atoms with Gasteiger partial charge in [-0.1, -0.05) is 32.4 Å². The fourth-order valence-electron chi connectivity index (χ4n) is 1.09. The second-order valence-electron chi connectivity index (χ2n) is 3.09. The Morgan fingerprint density at radius 3 is 2.67 bits per heavy atom. The third-order valence-electron chi connectivity index (χ3n) is 1.89. The highest BCUT2D eigenvalue weighted by atomic mass is 16.3. The average Bonchev–Trinajstić information content (AvgIpc) is 2.05. The summed E-state index contributed by atoms with van der Waals surface area (Å²) >= 11 is 0. The maximum Gasteiger partial charge on any atom is 0.123 e. The number of hydrogen-bond donors (Lipinski definition) is 1. The van der Waals surface area contributed by atoms with E-state index in [-0.39, 0.29) is 5.92 Å². The normalized spacial score (nSPS) is 16.2. The lowest BCUT2D eigenvalue weighted by molar-refractivity contribution is -0.107. The monoisotopic (exact) mass is 170 g/mol. The molecule has 0 aromatic carbocycles. The molecular formula is C10H18O2. The van der Waals surface area contributed by atoms with Gasteiger partial charge in [-0.25, -0.2) is 0 Å². The molecule has 0 saturated heterocycles. The van der Waals surface area contributed by atoms with E-state index in [0.717, 1.165) is 19.1 Å². The Morgan fingerprint density at radius 2 is 2.17 bits per heavy atom. The first-order valence-corrected chi connectivity index (χ1v) is 4.50. The maximum atomic E-state index is 9.95. The molecule has 0 aliphatic heterocycles. The van der Waals surface area contributed by atoms with Crippen molar-refractivity contribution in [2.24, 2.45) is 5.92 Å². The minimum Gasteiger partial charge on any atom is -0.389 e. The Morgan fingerprint density at radius 1 is 1.50 bits per heavy atom. The summed E-state index contributed by atoms with van der Waals surface area (Å²) in [5.74, 6) is 0.290. The molecule has 0 bridgehead atoms. The van der Waals surface area contributed by atoms with Crippen LogP contribution < -0.4 is 0 Å². The summed E-state index contributed by atoms with van der Waals surface area (Å²) in [5, 5.41) is 9.47. The van der Waals surface area contributed by atoms with Gasteiger partial charge in [-0.2, -0.15) is 0 Å². The number of aliphatic hydroxyl groups excluding tert-OH is 1. The van der Waals surface area contributed by atoms with Gasteiger partial charge in [-0.05, 0) is 12.3 Å². The van der Waals surface area contributed by atoms with E-state index in [2.05, 4.69) is 6.92 Å². The molecule has 0 radical (unpaired) electrons. The molecule has 0 aromatic rings. The van der Waals surface area contributed by atoms with Crippen LogP contribution in [0.3, 0.4) is 0 Å². The molecular weight excluding hydrogens is 152 g/mol. The molecule has 0 spiro atoms. The zero-order chi connectivity index (χ0) is 9.40. The predicted octanol–water partition coefficient (Wildman–Crippen LogP) is 1.93. The molecule has 70 valence electrons. The molecule has 0 aromatic heterocycles. The van der Waals surface area contributed by atoms with Crippen molar-refractivity contribution in [2.45, 2.75) is 39.2 Å². The fourth-order valence-corrected chi connectivity index (χ4v) is 1.09. The third kappa shape index (κ3) is 5.08. The van der Waals surface area contributed by atoms with Crippen molar-refractivity contribution in [2.75, 3.05) is 0 Å². The molecule has 2 nitrogen and oxygen atoms in total. The van der Waals surface area contributed by atoms with Crippen LogP contribution in [0.15, 0.2) is 12.2 Å². The SMILES string of the molecule is CCCC(C)C(O)/C=C/CC=O. The van der Waals surface area contributed by atoms with Crippen LogP contribution in [-0.2, 0) is 4.79 Å². The van der Waals surface area contributed by atoms with E-state index in [9.17, 15) is 9.90 Å². The molecule has 0 rings (SSSR count). The second-order valence-corrected chi connectivity index (χ2v) is 3.09. The molecule has 0 saturated carbocycles. The summed E-state index contributed by atoms with van der Waals surface area (Å²) in [4.78, 5) is 9.95. The van der Waals surface area contributed by atoms with Crippen LogP contribution in [-0.4, -0.2) is 17.5 Å². The highest BCUT2D eigenvalue weighted by Crippen LogP contribution is 2.11. The highest BCUT2D eigenvalue weighted by molar-refractivity contribution is 5.51. The Bertz CT molecular complexity index is 141. The quantitative estimate of drug-likeness (QED) is 0.488. The molecule has 0 amide bonds. The van der Waals surface area contributed by atoms with Crippen molar-refractivity contribution in [3.8, 4) is 0 Å². The minimum absolute atomic E-state index is 0.290. The van der Waals surface area contributed by atoms with E-state index in [1.165, 1.54) is 0 Å². The Balaban J connectivity index is 3.68. The van der Waals surface area contributed by atoms with Gasteiger partial charge in [0.15, 0.2) is 0 Å². The standard InChI is InChI=1S/C10H18O2/c1-3-6-9(2)10(12)7-4-5-8-11/h4,7-10,12H,3,5-6H2,1-2H3/b7-4+. The molecule has 1 N–H and O–H groups in total. The molecule has 12 heavy (non-hydrogen) atoms. The van der Waals surface area contributed by atoms with Crippen LogP contribution in [0.5, 0.6) is 0 Å². The van der Waals surface area contributed by atoms with Crippen LogP contribution in [0.4, 0.5) is 0 Å². The molecule has 0 heterocycles. The Hall–Kier alpha value is -0.630. The van der Waals surface area contributed by atoms with E-state index < -0.39 is 6.10 Å². The van der Waals surface area contributed by atoms with E-state index in [1.807, 2.05) is 6.92 Å². The number of rotatable bonds is 6. The fraction of sp³-hybridized carbons (Fsp3) is 0.700. The van der Waals surface area contributed by atoms with E-state index in [4.69, 9.17) is 0 Å². The predicted molar refractivity (Wildman–Crippen MR) is 49.9 cm³/mol. The lowest BCUT2D eigenvalue weighted by atomic mass is 9.99. The van der Waals surface area contributed by atoms with Crippen molar-refractivity contribution in [1.82, 2.24) is 0 Å². The smallest absolute Gasteiger partial charge is 0.123 e. The first kappa shape index (κ1) is 11.4. The number of aldehydes is 1. The summed E-state index contributed by atoms with van der Waals surface area (Å²) in [5.41, 5.74) is 0. The van der Waals surface area contributed by atoms with Crippen LogP contribution in [0.25, 0.3) is 0 Å². The van der Waals surface area contributed by atoms with Gasteiger partial charge >= 0.3 is 0 Å². The Kier molecular flexibility index (Phi) is 6.67. The van der Waals surface area contributed by atoms with Gasteiger partial charge in [-0.3, -0.25) is 0 Å². The number of hydrogen-bond acceptors (Lipinski definition) is 2. The lowest BCUT2D eigenvalue weighted by Gasteiger charge is -2.13. The molecule has 2 heteroatoms. The van der Waals surface area contributed by atoms with Crippen molar-refractivity contribution < 1.29 is 9.90 Å². The minimum atomic E-state index is -0.398. The Labute approximate surface area is 74.3 Å². The lowest BCUT2D eigenvalue weighted by Crippen LogP contribution is -2.14. The van der Waals surface area contributed by atoms with Gasteiger partial charge in [0.1, 0.15) is 6.29 Å². The number of allylic oxidation sites excluding steroid dienone is 1. The van der Waals surface area contributed by atoms with Gasteiger partial charge in [-0.15, -0.1) is 0 Å². The van der Waals surface area contributed by atoms with Crippen molar-refractivity contribution >= 4 is 6.29 Å². The molecule has 0 fully saturated rings. The maximum absolute atomic E-state index is 9.95. The molecule has 0 aliphatic carbocycles. The summed E-state index contributed by atoms with van der Waals surface area (Å²) in [7, 11) is 0. The number of carbonyl (C=O) groups is 1. The van der Waals surface area contributed by atoms with Gasteiger partial charge in [0.2, 0.25) is 0 Å². The van der Waals surface area contributed by atoms with Crippen LogP contribution in [0.2, 0.25) is 0 Å². The van der Waals surface area contributed by atoms with Gasteiger partial charge in [0, 0.05) is 6.42 Å². The van der Waals surface area contributed by atoms with Gasteiger partial charge < -0.3 is 9.90 Å². The van der Waals surface area contributed by atoms with E-state index in [0.29, 0.717) is 6.42 Å². The molecule has 2 unspecified atom stereocenters. The zero-order valence-electron chi connectivity index (χ0n) is 7.86. The van der Waals surface area contributed by atoms with Crippen molar-refractivity contribution in [3.63, 3.8) is 0 Å². The average molecular weight is 170 g/mol. The first-order valence-electron chi connectivity index (χ1n) is 4.50. The van der Waals surface area contributed by atoms with Crippen LogP contribution in [0, 0.1) is 5.92 Å². The number of carbonyl (C=O) groups excluding carboxylic acids is 1. The topological polar surface area (TPSA) is 37.3 Å². The third-order valence-corrected chi connectivity index (χ3v) is 1.89. The van der Waals surface area contributed by atoms with Crippen LogP contribution >= 0.6 is 0 Å². The summed E-state index contributed by atoms with van der Waals surface area (Å²) < 4.78 is 0.